The van der Waals surface area contributed by atoms with E-state index in [1.807, 2.05) is 11.4 Å². The van der Waals surface area contributed by atoms with Crippen LogP contribution in [0.1, 0.15) is 43.9 Å². The van der Waals surface area contributed by atoms with Gasteiger partial charge in [-0.25, -0.2) is 4.98 Å². The summed E-state index contributed by atoms with van der Waals surface area (Å²) in [6, 6.07) is 9.06. The molecule has 2 aromatic rings. The maximum absolute atomic E-state index is 10.9. The van der Waals surface area contributed by atoms with Crippen molar-refractivity contribution in [2.24, 2.45) is 0 Å². The molecule has 4 nitrogen and oxygen atoms in total. The summed E-state index contributed by atoms with van der Waals surface area (Å²) in [4.78, 5) is 18.0. The average Bonchev–Trinajstić information content (AvgIpc) is 3.03. The van der Waals surface area contributed by atoms with Gasteiger partial charge >= 0.3 is 5.97 Å². The molecule has 2 heterocycles. The Kier molecular flexibility index (Phi) is 5.63. The molecule has 1 aliphatic rings. The van der Waals surface area contributed by atoms with Crippen LogP contribution < -0.4 is 0 Å². The van der Waals surface area contributed by atoms with Gasteiger partial charge in [-0.05, 0) is 31.4 Å². The molecule has 0 amide bonds. The van der Waals surface area contributed by atoms with Crippen molar-refractivity contribution in [1.29, 1.82) is 0 Å². The number of thiazole rings is 1. The van der Waals surface area contributed by atoms with E-state index >= 15 is 0 Å². The summed E-state index contributed by atoms with van der Waals surface area (Å²) in [5.74, 6) is -0.834. The molecule has 1 N–H and O–H groups in total. The summed E-state index contributed by atoms with van der Waals surface area (Å²) >= 11 is 1.53. The lowest BCUT2D eigenvalue weighted by atomic mass is 9.98. The summed E-state index contributed by atoms with van der Waals surface area (Å²) < 4.78 is 0. The van der Waals surface area contributed by atoms with Crippen LogP contribution >= 0.6 is 11.3 Å². The Balaban J connectivity index is 1.82. The molecule has 1 saturated heterocycles. The van der Waals surface area contributed by atoms with Gasteiger partial charge in [0.1, 0.15) is 5.01 Å². The predicted octanol–water partition coefficient (Wildman–Crippen LogP) is 4.20. The van der Waals surface area contributed by atoms with Crippen LogP contribution in [0.25, 0.3) is 10.6 Å². The molecular weight excluding hydrogens is 320 g/mol. The highest BCUT2D eigenvalue weighted by Crippen LogP contribution is 2.30. The highest BCUT2D eigenvalue weighted by Gasteiger charge is 2.22. The van der Waals surface area contributed by atoms with Crippen molar-refractivity contribution in [3.05, 3.63) is 40.9 Å². The molecule has 0 spiro atoms. The Bertz CT molecular complexity index is 698. The average molecular weight is 344 g/mol. The quantitative estimate of drug-likeness (QED) is 0.853. The van der Waals surface area contributed by atoms with Gasteiger partial charge in [-0.2, -0.15) is 0 Å². The number of carbonyl (C=O) groups is 1. The van der Waals surface area contributed by atoms with E-state index in [0.717, 1.165) is 23.7 Å². The van der Waals surface area contributed by atoms with Crippen LogP contribution in [-0.2, 0) is 17.8 Å². The molecule has 1 fully saturated rings. The van der Waals surface area contributed by atoms with Gasteiger partial charge in [0.2, 0.25) is 0 Å². The van der Waals surface area contributed by atoms with E-state index < -0.39 is 5.97 Å². The fraction of sp³-hybridized carbons (Fsp3) is 0.474. The van der Waals surface area contributed by atoms with Gasteiger partial charge in [-0.1, -0.05) is 37.6 Å². The van der Waals surface area contributed by atoms with E-state index in [-0.39, 0.29) is 6.42 Å². The first-order valence-corrected chi connectivity index (χ1v) is 9.54. The molecule has 1 unspecified atom stereocenters. The van der Waals surface area contributed by atoms with E-state index in [1.165, 1.54) is 42.6 Å². The third-order valence-corrected chi connectivity index (χ3v) is 5.65. The molecular formula is C19H24N2O2S. The molecule has 1 aliphatic heterocycles. The molecule has 0 saturated carbocycles. The molecule has 0 bridgehead atoms. The molecule has 0 aliphatic carbocycles. The van der Waals surface area contributed by atoms with Crippen LogP contribution in [0.3, 0.4) is 0 Å². The fourth-order valence-electron chi connectivity index (χ4n) is 3.48. The number of rotatable bonds is 6. The van der Waals surface area contributed by atoms with Crippen molar-refractivity contribution in [3.63, 3.8) is 0 Å². The highest BCUT2D eigenvalue weighted by molar-refractivity contribution is 7.13. The fourth-order valence-corrected chi connectivity index (χ4v) is 4.36. The Morgan fingerprint density at radius 2 is 2.21 bits per heavy atom. The number of nitrogens with zero attached hydrogens (tertiary/aromatic N) is 2. The smallest absolute Gasteiger partial charge is 0.309 e. The van der Waals surface area contributed by atoms with Gasteiger partial charge in [0.05, 0.1) is 12.1 Å². The van der Waals surface area contributed by atoms with Crippen LogP contribution in [0.5, 0.6) is 0 Å². The molecule has 24 heavy (non-hydrogen) atoms. The minimum atomic E-state index is -0.834. The zero-order valence-corrected chi connectivity index (χ0v) is 14.9. The van der Waals surface area contributed by atoms with E-state index in [4.69, 9.17) is 5.11 Å². The van der Waals surface area contributed by atoms with Gasteiger partial charge in [-0.3, -0.25) is 9.69 Å². The number of aliphatic carboxylic acids is 1. The first-order chi connectivity index (χ1) is 11.7. The van der Waals surface area contributed by atoms with Crippen molar-refractivity contribution in [2.75, 3.05) is 6.54 Å². The second kappa shape index (κ2) is 7.90. The molecule has 1 aromatic carbocycles. The maximum Gasteiger partial charge on any atom is 0.309 e. The summed E-state index contributed by atoms with van der Waals surface area (Å²) in [5, 5.41) is 11.7. The van der Waals surface area contributed by atoms with Crippen molar-refractivity contribution < 1.29 is 9.90 Å². The SMILES string of the molecule is CCC1CCCCN1Cc1ccccc1-c1nc(CC(=O)O)cs1. The predicted molar refractivity (Wildman–Crippen MR) is 97.2 cm³/mol. The number of aromatic nitrogens is 1. The zero-order valence-electron chi connectivity index (χ0n) is 14.1. The second-order valence-corrected chi connectivity index (χ2v) is 7.26. The molecule has 5 heteroatoms. The summed E-state index contributed by atoms with van der Waals surface area (Å²) in [5.41, 5.74) is 3.07. The van der Waals surface area contributed by atoms with Crippen molar-refractivity contribution in [1.82, 2.24) is 9.88 Å². The normalized spacial score (nSPS) is 18.6. The molecule has 1 aromatic heterocycles. The summed E-state index contributed by atoms with van der Waals surface area (Å²) in [6.45, 7) is 4.38. The maximum atomic E-state index is 10.9. The molecule has 128 valence electrons. The van der Waals surface area contributed by atoms with Crippen LogP contribution in [0.2, 0.25) is 0 Å². The highest BCUT2D eigenvalue weighted by atomic mass is 32.1. The number of carboxylic acids is 1. The number of benzene rings is 1. The Labute approximate surface area is 147 Å². The minimum Gasteiger partial charge on any atom is -0.481 e. The van der Waals surface area contributed by atoms with Gasteiger partial charge in [-0.15, -0.1) is 11.3 Å². The van der Waals surface area contributed by atoms with Crippen LogP contribution in [0.15, 0.2) is 29.6 Å². The zero-order chi connectivity index (χ0) is 16.9. The van der Waals surface area contributed by atoms with Gasteiger partial charge < -0.3 is 5.11 Å². The molecule has 0 radical (unpaired) electrons. The first kappa shape index (κ1) is 17.1. The van der Waals surface area contributed by atoms with E-state index in [1.54, 1.807) is 0 Å². The largest absolute Gasteiger partial charge is 0.481 e. The third-order valence-electron chi connectivity index (χ3n) is 4.73. The minimum absolute atomic E-state index is 0.0112. The summed E-state index contributed by atoms with van der Waals surface area (Å²) in [6.07, 6.45) is 5.09. The monoisotopic (exact) mass is 344 g/mol. The number of hydrogen-bond donors (Lipinski definition) is 1. The van der Waals surface area contributed by atoms with E-state index in [2.05, 4.69) is 35.0 Å². The lowest BCUT2D eigenvalue weighted by Gasteiger charge is -2.35. The number of hydrogen-bond acceptors (Lipinski definition) is 4. The number of carboxylic acid groups (broad SMARTS) is 1. The van der Waals surface area contributed by atoms with Gasteiger partial charge in [0.15, 0.2) is 0 Å². The summed E-state index contributed by atoms with van der Waals surface area (Å²) in [7, 11) is 0. The number of likely N-dealkylation sites (tertiary alicyclic amines) is 1. The van der Waals surface area contributed by atoms with Crippen molar-refractivity contribution in [3.8, 4) is 10.6 Å². The van der Waals surface area contributed by atoms with Crippen LogP contribution in [0, 0.1) is 0 Å². The Hall–Kier alpha value is -1.72. The van der Waals surface area contributed by atoms with E-state index in [0.29, 0.717) is 11.7 Å². The Morgan fingerprint density at radius 1 is 1.38 bits per heavy atom. The lowest BCUT2D eigenvalue weighted by Crippen LogP contribution is -2.38. The van der Waals surface area contributed by atoms with Crippen LogP contribution in [0.4, 0.5) is 0 Å². The standard InChI is InChI=1S/C19H24N2O2S/c1-2-16-8-5-6-10-21(16)12-14-7-3-4-9-17(14)19-20-15(13-24-19)11-18(22)23/h3-4,7,9,13,16H,2,5-6,8,10-12H2,1H3,(H,22,23). The topological polar surface area (TPSA) is 53.4 Å². The van der Waals surface area contributed by atoms with Gasteiger partial charge in [0.25, 0.3) is 0 Å². The molecule has 1 atom stereocenters. The van der Waals surface area contributed by atoms with Crippen molar-refractivity contribution >= 4 is 17.3 Å². The number of piperidine rings is 1. The second-order valence-electron chi connectivity index (χ2n) is 6.40. The Morgan fingerprint density at radius 3 is 3.00 bits per heavy atom. The first-order valence-electron chi connectivity index (χ1n) is 8.66. The van der Waals surface area contributed by atoms with Crippen LogP contribution in [-0.4, -0.2) is 33.5 Å². The molecule has 3 rings (SSSR count). The van der Waals surface area contributed by atoms with Gasteiger partial charge in [0, 0.05) is 23.5 Å². The van der Waals surface area contributed by atoms with Crippen molar-refractivity contribution in [2.45, 2.75) is 51.6 Å². The third kappa shape index (κ3) is 4.02. The van der Waals surface area contributed by atoms with E-state index in [9.17, 15) is 4.79 Å². The lowest BCUT2D eigenvalue weighted by molar-refractivity contribution is -0.136.